The highest BCUT2D eigenvalue weighted by atomic mass is 14.9. The van der Waals surface area contributed by atoms with Crippen LogP contribution >= 0.6 is 0 Å². The van der Waals surface area contributed by atoms with Crippen LogP contribution in [0.15, 0.2) is 0 Å². The van der Waals surface area contributed by atoms with Gasteiger partial charge in [-0.2, -0.15) is 0 Å². The quantitative estimate of drug-likeness (QED) is 0.562. The predicted molar refractivity (Wildman–Crippen MR) is 33.1 cm³/mol. The van der Waals surface area contributed by atoms with Crippen LogP contribution in [-0.4, -0.2) is 12.6 Å². The molecule has 1 nitrogen and oxygen atoms in total. The molecule has 1 heteroatoms. The topological polar surface area (TPSA) is 12.0 Å². The average Bonchev–Trinajstić information content (AvgIpc) is 1.68. The maximum absolute atomic E-state index is 3.84. The molecule has 0 aromatic carbocycles. The van der Waals surface area contributed by atoms with E-state index in [0.29, 0.717) is 6.04 Å². The van der Waals surface area contributed by atoms with Crippen molar-refractivity contribution >= 4 is 0 Å². The lowest BCUT2D eigenvalue weighted by Gasteiger charge is -2.06. The maximum Gasteiger partial charge on any atom is 0.00649 e. The van der Waals surface area contributed by atoms with Crippen LogP contribution in [0, 0.1) is 6.92 Å². The van der Waals surface area contributed by atoms with Gasteiger partial charge in [0.05, 0.1) is 0 Å². The molecule has 0 saturated heterocycles. The molecule has 1 radical (unpaired) electrons. The molecule has 0 aromatic rings. The zero-order valence-corrected chi connectivity index (χ0v) is 5.20. The lowest BCUT2D eigenvalue weighted by atomic mass is 10.3. The SMILES string of the molecule is [CH2]C(CC)NCC. The van der Waals surface area contributed by atoms with E-state index < -0.39 is 0 Å². The van der Waals surface area contributed by atoms with Crippen LogP contribution in [0.2, 0.25) is 0 Å². The minimum atomic E-state index is 0.449. The van der Waals surface area contributed by atoms with Crippen molar-refractivity contribution in [3.8, 4) is 0 Å². The van der Waals surface area contributed by atoms with Gasteiger partial charge in [-0.15, -0.1) is 0 Å². The molecule has 1 atom stereocenters. The van der Waals surface area contributed by atoms with Gasteiger partial charge in [0.15, 0.2) is 0 Å². The van der Waals surface area contributed by atoms with Crippen molar-refractivity contribution in [3.05, 3.63) is 6.92 Å². The highest BCUT2D eigenvalue weighted by molar-refractivity contribution is 4.63. The summed E-state index contributed by atoms with van der Waals surface area (Å²) in [6.45, 7) is 9.08. The molecular formula is C6H14N. The Labute approximate surface area is 46.1 Å². The zero-order chi connectivity index (χ0) is 5.70. The first-order chi connectivity index (χ1) is 3.31. The van der Waals surface area contributed by atoms with E-state index in [2.05, 4.69) is 26.1 Å². The third kappa shape index (κ3) is 3.80. The van der Waals surface area contributed by atoms with Crippen LogP contribution < -0.4 is 5.32 Å². The first-order valence-electron chi connectivity index (χ1n) is 2.87. The Hall–Kier alpha value is -0.0400. The van der Waals surface area contributed by atoms with E-state index >= 15 is 0 Å². The Morgan fingerprint density at radius 3 is 2.29 bits per heavy atom. The molecule has 0 spiro atoms. The van der Waals surface area contributed by atoms with E-state index in [1.807, 2.05) is 0 Å². The largest absolute Gasteiger partial charge is 0.314 e. The van der Waals surface area contributed by atoms with Crippen LogP contribution in [-0.2, 0) is 0 Å². The van der Waals surface area contributed by atoms with Gasteiger partial charge in [-0.05, 0) is 19.9 Å². The number of hydrogen-bond donors (Lipinski definition) is 1. The maximum atomic E-state index is 3.84. The highest BCUT2D eigenvalue weighted by Crippen LogP contribution is 1.83. The predicted octanol–water partition coefficient (Wildman–Crippen LogP) is 1.21. The van der Waals surface area contributed by atoms with Gasteiger partial charge >= 0.3 is 0 Å². The summed E-state index contributed by atoms with van der Waals surface area (Å²) in [6, 6.07) is 0.449. The smallest absolute Gasteiger partial charge is 0.00649 e. The molecule has 0 saturated carbocycles. The summed E-state index contributed by atoms with van der Waals surface area (Å²) < 4.78 is 0. The fraction of sp³-hybridized carbons (Fsp3) is 0.833. The minimum Gasteiger partial charge on any atom is -0.314 e. The Morgan fingerprint density at radius 1 is 1.57 bits per heavy atom. The van der Waals surface area contributed by atoms with E-state index in [1.165, 1.54) is 0 Å². The summed E-state index contributed by atoms with van der Waals surface area (Å²) in [6.07, 6.45) is 1.12. The van der Waals surface area contributed by atoms with Crippen molar-refractivity contribution in [2.75, 3.05) is 6.54 Å². The van der Waals surface area contributed by atoms with Crippen LogP contribution in [0.1, 0.15) is 20.3 Å². The van der Waals surface area contributed by atoms with Gasteiger partial charge in [-0.3, -0.25) is 0 Å². The van der Waals surface area contributed by atoms with Crippen molar-refractivity contribution in [1.82, 2.24) is 5.32 Å². The number of hydrogen-bond acceptors (Lipinski definition) is 1. The molecule has 0 fully saturated rings. The zero-order valence-electron chi connectivity index (χ0n) is 5.20. The lowest BCUT2D eigenvalue weighted by molar-refractivity contribution is 0.596. The molecule has 0 aliphatic heterocycles. The van der Waals surface area contributed by atoms with Gasteiger partial charge in [0.25, 0.3) is 0 Å². The Kier molecular flexibility index (Phi) is 4.10. The van der Waals surface area contributed by atoms with E-state index in [9.17, 15) is 0 Å². The summed E-state index contributed by atoms with van der Waals surface area (Å²) in [5.41, 5.74) is 0. The number of rotatable bonds is 3. The molecule has 7 heavy (non-hydrogen) atoms. The molecule has 1 N–H and O–H groups in total. The molecule has 0 bridgehead atoms. The normalized spacial score (nSPS) is 14.1. The molecule has 0 amide bonds. The molecule has 0 aliphatic rings. The monoisotopic (exact) mass is 100 g/mol. The van der Waals surface area contributed by atoms with E-state index in [1.54, 1.807) is 0 Å². The molecule has 1 unspecified atom stereocenters. The second-order valence-electron chi connectivity index (χ2n) is 1.66. The average molecular weight is 100 g/mol. The fourth-order valence-electron chi connectivity index (χ4n) is 0.433. The Balaban J connectivity index is 2.83. The Morgan fingerprint density at radius 2 is 2.14 bits per heavy atom. The molecular weight excluding hydrogens is 86.1 g/mol. The fourth-order valence-corrected chi connectivity index (χ4v) is 0.433. The Bertz CT molecular complexity index is 35.2. The van der Waals surface area contributed by atoms with Gasteiger partial charge < -0.3 is 5.32 Å². The third-order valence-corrected chi connectivity index (χ3v) is 0.986. The standard InChI is InChI=1S/C6H14N/c1-4-6(3)7-5-2/h6-7H,3-5H2,1-2H3. The first-order valence-corrected chi connectivity index (χ1v) is 2.87. The van der Waals surface area contributed by atoms with E-state index in [4.69, 9.17) is 0 Å². The molecule has 0 aliphatic carbocycles. The second kappa shape index (κ2) is 4.13. The van der Waals surface area contributed by atoms with Crippen molar-refractivity contribution in [1.29, 1.82) is 0 Å². The van der Waals surface area contributed by atoms with Gasteiger partial charge in [0.2, 0.25) is 0 Å². The lowest BCUT2D eigenvalue weighted by Crippen LogP contribution is -2.24. The summed E-state index contributed by atoms with van der Waals surface area (Å²) in [5, 5.41) is 3.18. The summed E-state index contributed by atoms with van der Waals surface area (Å²) >= 11 is 0. The molecule has 0 heterocycles. The molecule has 43 valence electrons. The second-order valence-corrected chi connectivity index (χ2v) is 1.66. The minimum absolute atomic E-state index is 0.449. The van der Waals surface area contributed by atoms with Gasteiger partial charge in [-0.25, -0.2) is 0 Å². The van der Waals surface area contributed by atoms with Gasteiger partial charge in [0.1, 0.15) is 0 Å². The van der Waals surface area contributed by atoms with Crippen LogP contribution in [0.5, 0.6) is 0 Å². The summed E-state index contributed by atoms with van der Waals surface area (Å²) in [4.78, 5) is 0. The van der Waals surface area contributed by atoms with Crippen LogP contribution in [0.25, 0.3) is 0 Å². The van der Waals surface area contributed by atoms with Gasteiger partial charge in [-0.1, -0.05) is 13.8 Å². The summed E-state index contributed by atoms with van der Waals surface area (Å²) in [5.74, 6) is 0. The van der Waals surface area contributed by atoms with Crippen LogP contribution in [0.3, 0.4) is 0 Å². The molecule has 0 rings (SSSR count). The molecule has 0 aromatic heterocycles. The van der Waals surface area contributed by atoms with Crippen molar-refractivity contribution in [2.45, 2.75) is 26.3 Å². The van der Waals surface area contributed by atoms with Crippen LogP contribution in [0.4, 0.5) is 0 Å². The third-order valence-electron chi connectivity index (χ3n) is 0.986. The summed E-state index contributed by atoms with van der Waals surface area (Å²) in [7, 11) is 0. The number of nitrogens with one attached hydrogen (secondary N) is 1. The van der Waals surface area contributed by atoms with E-state index in [-0.39, 0.29) is 0 Å². The van der Waals surface area contributed by atoms with E-state index in [0.717, 1.165) is 13.0 Å². The van der Waals surface area contributed by atoms with Crippen molar-refractivity contribution < 1.29 is 0 Å². The first kappa shape index (κ1) is 6.96. The highest BCUT2D eigenvalue weighted by Gasteiger charge is 1.90. The van der Waals surface area contributed by atoms with Gasteiger partial charge in [0, 0.05) is 6.04 Å². The van der Waals surface area contributed by atoms with Crippen molar-refractivity contribution in [3.63, 3.8) is 0 Å². The van der Waals surface area contributed by atoms with Crippen molar-refractivity contribution in [2.24, 2.45) is 0 Å².